The van der Waals surface area contributed by atoms with Gasteiger partial charge in [0.25, 0.3) is 0 Å². The second-order valence-electron chi connectivity index (χ2n) is 7.96. The smallest absolute Gasteiger partial charge is 0.222 e. The number of ether oxygens (including phenoxy) is 2. The lowest BCUT2D eigenvalue weighted by molar-refractivity contribution is -0.129. The summed E-state index contributed by atoms with van der Waals surface area (Å²) in [4.78, 5) is 18.6. The average molecular weight is 544 g/mol. The van der Waals surface area contributed by atoms with Crippen LogP contribution in [0.5, 0.6) is 0 Å². The molecule has 0 saturated carbocycles. The van der Waals surface area contributed by atoms with Gasteiger partial charge < -0.3 is 25.0 Å². The van der Waals surface area contributed by atoms with Gasteiger partial charge in [-0.15, -0.1) is 24.0 Å². The Morgan fingerprint density at radius 3 is 2.74 bits per heavy atom. The lowest BCUT2D eigenvalue weighted by Crippen LogP contribution is -2.45. The van der Waals surface area contributed by atoms with Gasteiger partial charge >= 0.3 is 0 Å². The zero-order valence-electron chi connectivity index (χ0n) is 18.8. The van der Waals surface area contributed by atoms with Crippen LogP contribution >= 0.6 is 24.0 Å². The molecule has 2 heterocycles. The number of hydrogen-bond acceptors (Lipinski definition) is 4. The number of amides is 1. The second kappa shape index (κ2) is 13.9. The SMILES string of the molecule is CCNC(=NCc1cccc(COC2CCOCC2)c1)NC1CCN(C(=O)CC)C1.I. The zero-order chi connectivity index (χ0) is 21.2. The predicted molar refractivity (Wildman–Crippen MR) is 134 cm³/mol. The fraction of sp³-hybridized carbons (Fsp3) is 0.652. The number of hydrogen-bond donors (Lipinski definition) is 2. The summed E-state index contributed by atoms with van der Waals surface area (Å²) in [6.07, 6.45) is 3.77. The molecule has 0 radical (unpaired) electrons. The molecule has 1 amide bonds. The highest BCUT2D eigenvalue weighted by Gasteiger charge is 2.25. The fourth-order valence-corrected chi connectivity index (χ4v) is 3.89. The third-order valence-corrected chi connectivity index (χ3v) is 5.59. The summed E-state index contributed by atoms with van der Waals surface area (Å²) < 4.78 is 11.4. The van der Waals surface area contributed by atoms with E-state index >= 15 is 0 Å². The number of benzene rings is 1. The van der Waals surface area contributed by atoms with Crippen LogP contribution in [0.4, 0.5) is 0 Å². The first-order valence-corrected chi connectivity index (χ1v) is 11.3. The molecule has 2 fully saturated rings. The van der Waals surface area contributed by atoms with Crippen molar-refractivity contribution in [1.82, 2.24) is 15.5 Å². The average Bonchev–Trinajstić information content (AvgIpc) is 3.25. The number of halogens is 1. The van der Waals surface area contributed by atoms with Crippen LogP contribution in [0.15, 0.2) is 29.3 Å². The third kappa shape index (κ3) is 8.57. The molecule has 1 aromatic carbocycles. The summed E-state index contributed by atoms with van der Waals surface area (Å²) in [6.45, 7) is 9.17. The van der Waals surface area contributed by atoms with E-state index in [0.29, 0.717) is 25.7 Å². The van der Waals surface area contributed by atoms with E-state index in [9.17, 15) is 4.79 Å². The monoisotopic (exact) mass is 544 g/mol. The molecule has 0 spiro atoms. The van der Waals surface area contributed by atoms with E-state index in [0.717, 1.165) is 63.6 Å². The molecule has 2 aliphatic rings. The lowest BCUT2D eigenvalue weighted by atomic mass is 10.1. The summed E-state index contributed by atoms with van der Waals surface area (Å²) in [5, 5.41) is 6.81. The molecule has 8 heteroatoms. The van der Waals surface area contributed by atoms with Gasteiger partial charge in [-0.25, -0.2) is 4.99 Å². The summed E-state index contributed by atoms with van der Waals surface area (Å²) in [7, 11) is 0. The first-order chi connectivity index (χ1) is 14.7. The van der Waals surface area contributed by atoms with Gasteiger partial charge in [-0.2, -0.15) is 0 Å². The van der Waals surface area contributed by atoms with E-state index in [1.54, 1.807) is 0 Å². The summed E-state index contributed by atoms with van der Waals surface area (Å²) in [5.41, 5.74) is 2.34. The Kier molecular flexibility index (Phi) is 11.6. The highest BCUT2D eigenvalue weighted by atomic mass is 127. The molecular weight excluding hydrogens is 507 g/mol. The van der Waals surface area contributed by atoms with E-state index in [1.165, 1.54) is 5.56 Å². The van der Waals surface area contributed by atoms with E-state index in [4.69, 9.17) is 14.5 Å². The molecule has 1 aromatic rings. The number of aliphatic imine (C=N–C) groups is 1. The van der Waals surface area contributed by atoms with Gasteiger partial charge in [0, 0.05) is 45.3 Å². The summed E-state index contributed by atoms with van der Waals surface area (Å²) in [5.74, 6) is 1.03. The van der Waals surface area contributed by atoms with Gasteiger partial charge in [-0.3, -0.25) is 4.79 Å². The Bertz CT molecular complexity index is 710. The number of guanidine groups is 1. The highest BCUT2D eigenvalue weighted by Crippen LogP contribution is 2.15. The molecule has 3 rings (SSSR count). The van der Waals surface area contributed by atoms with Crippen molar-refractivity contribution in [3.63, 3.8) is 0 Å². The van der Waals surface area contributed by atoms with Crippen molar-refractivity contribution in [1.29, 1.82) is 0 Å². The molecule has 2 saturated heterocycles. The standard InChI is InChI=1S/C23H36N4O3.HI/c1-3-22(28)27-11-8-20(16-27)26-23(24-4-2)25-15-18-6-5-7-19(14-18)17-30-21-9-12-29-13-10-21;/h5-7,14,20-21H,3-4,8-13,15-17H2,1-2H3,(H2,24,25,26);1H. The van der Waals surface area contributed by atoms with E-state index < -0.39 is 0 Å². The second-order valence-corrected chi connectivity index (χ2v) is 7.96. The van der Waals surface area contributed by atoms with Gasteiger partial charge in [-0.1, -0.05) is 31.2 Å². The van der Waals surface area contributed by atoms with Crippen molar-refractivity contribution in [3.8, 4) is 0 Å². The van der Waals surface area contributed by atoms with E-state index in [1.807, 2.05) is 11.8 Å². The van der Waals surface area contributed by atoms with Crippen LogP contribution < -0.4 is 10.6 Å². The van der Waals surface area contributed by atoms with Crippen molar-refractivity contribution in [2.45, 2.75) is 64.8 Å². The van der Waals surface area contributed by atoms with E-state index in [-0.39, 0.29) is 35.9 Å². The quantitative estimate of drug-likeness (QED) is 0.299. The molecule has 0 aliphatic carbocycles. The Morgan fingerprint density at radius 2 is 2.00 bits per heavy atom. The fourth-order valence-electron chi connectivity index (χ4n) is 3.89. The molecule has 7 nitrogen and oxygen atoms in total. The first-order valence-electron chi connectivity index (χ1n) is 11.3. The molecule has 174 valence electrons. The van der Waals surface area contributed by atoms with Gasteiger partial charge in [-0.05, 0) is 37.3 Å². The van der Waals surface area contributed by atoms with Crippen LogP contribution in [-0.2, 0) is 27.4 Å². The normalized spacial score (nSPS) is 19.7. The predicted octanol–water partition coefficient (Wildman–Crippen LogP) is 3.07. The lowest BCUT2D eigenvalue weighted by Gasteiger charge is -2.22. The minimum absolute atomic E-state index is 0. The third-order valence-electron chi connectivity index (χ3n) is 5.59. The van der Waals surface area contributed by atoms with Crippen LogP contribution in [0.2, 0.25) is 0 Å². The maximum absolute atomic E-state index is 11.9. The molecule has 2 aliphatic heterocycles. The van der Waals surface area contributed by atoms with Gasteiger partial charge in [0.2, 0.25) is 5.91 Å². The number of likely N-dealkylation sites (tertiary alicyclic amines) is 1. The molecule has 1 atom stereocenters. The Morgan fingerprint density at radius 1 is 1.23 bits per heavy atom. The first kappa shape index (κ1) is 25.9. The summed E-state index contributed by atoms with van der Waals surface area (Å²) >= 11 is 0. The number of rotatable bonds is 8. The van der Waals surface area contributed by atoms with Crippen LogP contribution in [0.3, 0.4) is 0 Å². The zero-order valence-corrected chi connectivity index (χ0v) is 21.1. The maximum atomic E-state index is 11.9. The molecule has 1 unspecified atom stereocenters. The van der Waals surface area contributed by atoms with E-state index in [2.05, 4.69) is 41.8 Å². The molecule has 2 N–H and O–H groups in total. The molecule has 31 heavy (non-hydrogen) atoms. The minimum atomic E-state index is 0. The van der Waals surface area contributed by atoms with Crippen LogP contribution in [0, 0.1) is 0 Å². The van der Waals surface area contributed by atoms with Gasteiger partial charge in [0.05, 0.1) is 19.3 Å². The van der Waals surface area contributed by atoms with Crippen molar-refractivity contribution in [2.24, 2.45) is 4.99 Å². The molecule has 0 bridgehead atoms. The minimum Gasteiger partial charge on any atom is -0.381 e. The number of nitrogens with zero attached hydrogens (tertiary/aromatic N) is 2. The van der Waals surface area contributed by atoms with Gasteiger partial charge in [0.1, 0.15) is 0 Å². The maximum Gasteiger partial charge on any atom is 0.222 e. The van der Waals surface area contributed by atoms with Crippen LogP contribution in [0.1, 0.15) is 50.7 Å². The Balaban J connectivity index is 0.00000341. The van der Waals surface area contributed by atoms with Gasteiger partial charge in [0.15, 0.2) is 5.96 Å². The van der Waals surface area contributed by atoms with Crippen molar-refractivity contribution in [2.75, 3.05) is 32.8 Å². The highest BCUT2D eigenvalue weighted by molar-refractivity contribution is 14.0. The topological polar surface area (TPSA) is 75.2 Å². The number of nitrogens with one attached hydrogen (secondary N) is 2. The van der Waals surface area contributed by atoms with Crippen molar-refractivity contribution < 1.29 is 14.3 Å². The number of carbonyl (C=O) groups is 1. The van der Waals surface area contributed by atoms with Crippen LogP contribution in [-0.4, -0.2) is 61.8 Å². The molecular formula is C23H37IN4O3. The van der Waals surface area contributed by atoms with Crippen LogP contribution in [0.25, 0.3) is 0 Å². The summed E-state index contributed by atoms with van der Waals surface area (Å²) in [6, 6.07) is 8.69. The molecule has 0 aromatic heterocycles. The van der Waals surface area contributed by atoms with Crippen molar-refractivity contribution in [3.05, 3.63) is 35.4 Å². The number of carbonyl (C=O) groups excluding carboxylic acids is 1. The largest absolute Gasteiger partial charge is 0.381 e. The van der Waals surface area contributed by atoms with Crippen molar-refractivity contribution >= 4 is 35.8 Å². The Labute approximate surface area is 203 Å². The Hall–Kier alpha value is -1.39.